The van der Waals surface area contributed by atoms with E-state index in [1.807, 2.05) is 61.8 Å². The summed E-state index contributed by atoms with van der Waals surface area (Å²) in [6.45, 7) is 4.60. The summed E-state index contributed by atoms with van der Waals surface area (Å²) in [6, 6.07) is 6.89. The highest BCUT2D eigenvalue weighted by atomic mass is 32.1. The van der Waals surface area contributed by atoms with Crippen molar-refractivity contribution in [1.29, 1.82) is 0 Å². The Bertz CT molecular complexity index is 889. The van der Waals surface area contributed by atoms with Crippen LogP contribution in [-0.4, -0.2) is 44.3 Å². The SMILES string of the molecule is Cc1ccc(C(C(=O)O)N(C)CCc2scnc2C)c(-n2cccn2)c1. The predicted molar refractivity (Wildman–Crippen MR) is 102 cm³/mol. The Hall–Kier alpha value is -2.51. The van der Waals surface area contributed by atoms with E-state index in [2.05, 4.69) is 10.1 Å². The molecule has 2 heterocycles. The number of likely N-dealkylation sites (N-methyl/N-ethyl adjacent to an activating group) is 1. The van der Waals surface area contributed by atoms with Gasteiger partial charge in [0.05, 0.1) is 16.9 Å². The topological polar surface area (TPSA) is 71.2 Å². The highest BCUT2D eigenvalue weighted by Gasteiger charge is 2.28. The third-order valence-electron chi connectivity index (χ3n) is 4.44. The number of thiazole rings is 1. The maximum Gasteiger partial charge on any atom is 0.325 e. The molecule has 3 rings (SSSR count). The second-order valence-electron chi connectivity index (χ2n) is 6.35. The number of hydrogen-bond acceptors (Lipinski definition) is 5. The van der Waals surface area contributed by atoms with Crippen LogP contribution in [0.2, 0.25) is 0 Å². The van der Waals surface area contributed by atoms with Crippen molar-refractivity contribution in [2.75, 3.05) is 13.6 Å². The van der Waals surface area contributed by atoms with E-state index in [0.29, 0.717) is 6.54 Å². The molecular weight excluding hydrogens is 348 g/mol. The van der Waals surface area contributed by atoms with Gasteiger partial charge < -0.3 is 5.11 Å². The third kappa shape index (κ3) is 3.84. The second kappa shape index (κ2) is 7.80. The number of aromatic nitrogens is 3. The van der Waals surface area contributed by atoms with E-state index in [1.54, 1.807) is 22.2 Å². The maximum absolute atomic E-state index is 12.1. The van der Waals surface area contributed by atoms with E-state index in [0.717, 1.165) is 28.9 Å². The molecule has 7 heteroatoms. The molecule has 0 saturated heterocycles. The second-order valence-corrected chi connectivity index (χ2v) is 7.28. The predicted octanol–water partition coefficient (Wildman–Crippen LogP) is 3.25. The summed E-state index contributed by atoms with van der Waals surface area (Å²) in [6.07, 6.45) is 4.30. The molecule has 1 N–H and O–H groups in total. The smallest absolute Gasteiger partial charge is 0.325 e. The molecule has 0 fully saturated rings. The standard InChI is InChI=1S/C19H22N4O2S/c1-13-5-6-15(16(11-13)23-9-4-8-21-23)18(19(24)25)22(3)10-7-17-14(2)20-12-26-17/h4-6,8-9,11-12,18H,7,10H2,1-3H3,(H,24,25). The van der Waals surface area contributed by atoms with Crippen molar-refractivity contribution >= 4 is 17.3 Å². The number of carboxylic acid groups (broad SMARTS) is 1. The van der Waals surface area contributed by atoms with Gasteiger partial charge in [0.2, 0.25) is 0 Å². The normalized spacial score (nSPS) is 12.5. The fourth-order valence-corrected chi connectivity index (χ4v) is 3.80. The van der Waals surface area contributed by atoms with Crippen LogP contribution in [0.15, 0.2) is 42.2 Å². The molecule has 0 radical (unpaired) electrons. The largest absolute Gasteiger partial charge is 0.480 e. The zero-order valence-corrected chi connectivity index (χ0v) is 15.9. The van der Waals surface area contributed by atoms with Gasteiger partial charge in [0, 0.05) is 29.4 Å². The van der Waals surface area contributed by atoms with Gasteiger partial charge in [-0.25, -0.2) is 9.67 Å². The van der Waals surface area contributed by atoms with E-state index in [1.165, 1.54) is 4.88 Å². The Morgan fingerprint density at radius 2 is 2.19 bits per heavy atom. The van der Waals surface area contributed by atoms with Gasteiger partial charge in [0.25, 0.3) is 0 Å². The average Bonchev–Trinajstić information content (AvgIpc) is 3.26. The molecule has 6 nitrogen and oxygen atoms in total. The summed E-state index contributed by atoms with van der Waals surface area (Å²) in [5.41, 5.74) is 5.43. The zero-order chi connectivity index (χ0) is 18.7. The first-order chi connectivity index (χ1) is 12.5. The van der Waals surface area contributed by atoms with Crippen LogP contribution in [-0.2, 0) is 11.2 Å². The van der Waals surface area contributed by atoms with Gasteiger partial charge in [-0.05, 0) is 45.0 Å². The van der Waals surface area contributed by atoms with Crippen LogP contribution in [0, 0.1) is 13.8 Å². The van der Waals surface area contributed by atoms with Gasteiger partial charge in [-0.2, -0.15) is 5.10 Å². The fraction of sp³-hybridized carbons (Fsp3) is 0.316. The number of aryl methyl sites for hydroxylation is 2. The van der Waals surface area contributed by atoms with Gasteiger partial charge in [0.15, 0.2) is 0 Å². The lowest BCUT2D eigenvalue weighted by atomic mass is 10.0. The van der Waals surface area contributed by atoms with E-state index in [4.69, 9.17) is 0 Å². The van der Waals surface area contributed by atoms with E-state index in [9.17, 15) is 9.90 Å². The van der Waals surface area contributed by atoms with Gasteiger partial charge in [-0.1, -0.05) is 12.1 Å². The molecule has 136 valence electrons. The minimum Gasteiger partial charge on any atom is -0.480 e. The molecule has 1 unspecified atom stereocenters. The van der Waals surface area contributed by atoms with Crippen molar-refractivity contribution in [2.45, 2.75) is 26.3 Å². The summed E-state index contributed by atoms with van der Waals surface area (Å²) in [5.74, 6) is -0.870. The molecule has 0 aliphatic carbocycles. The lowest BCUT2D eigenvalue weighted by Gasteiger charge is -2.26. The van der Waals surface area contributed by atoms with Crippen molar-refractivity contribution in [3.8, 4) is 5.69 Å². The Labute approximate surface area is 156 Å². The first kappa shape index (κ1) is 18.3. The number of aliphatic carboxylic acids is 1. The number of benzene rings is 1. The molecular formula is C19H22N4O2S. The van der Waals surface area contributed by atoms with Gasteiger partial charge in [0.1, 0.15) is 6.04 Å². The molecule has 2 aromatic heterocycles. The molecule has 26 heavy (non-hydrogen) atoms. The first-order valence-corrected chi connectivity index (χ1v) is 9.28. The van der Waals surface area contributed by atoms with E-state index >= 15 is 0 Å². The lowest BCUT2D eigenvalue weighted by molar-refractivity contribution is -0.143. The summed E-state index contributed by atoms with van der Waals surface area (Å²) in [7, 11) is 1.85. The Morgan fingerprint density at radius 3 is 2.81 bits per heavy atom. The van der Waals surface area contributed by atoms with Crippen LogP contribution in [0.1, 0.15) is 27.7 Å². The van der Waals surface area contributed by atoms with E-state index in [-0.39, 0.29) is 0 Å². The summed E-state index contributed by atoms with van der Waals surface area (Å²) >= 11 is 1.61. The minimum atomic E-state index is -0.870. The third-order valence-corrected chi connectivity index (χ3v) is 5.44. The minimum absolute atomic E-state index is 0.631. The van der Waals surface area contributed by atoms with Crippen LogP contribution in [0.4, 0.5) is 0 Å². The van der Waals surface area contributed by atoms with Crippen LogP contribution < -0.4 is 0 Å². The van der Waals surface area contributed by atoms with Gasteiger partial charge in [-0.15, -0.1) is 11.3 Å². The lowest BCUT2D eigenvalue weighted by Crippen LogP contribution is -2.33. The molecule has 1 aromatic carbocycles. The summed E-state index contributed by atoms with van der Waals surface area (Å²) in [5, 5.41) is 14.2. The quantitative estimate of drug-likeness (QED) is 0.691. The average molecular weight is 370 g/mol. The molecule has 1 atom stereocenters. The van der Waals surface area contributed by atoms with Crippen LogP contribution in [0.5, 0.6) is 0 Å². The number of rotatable bonds is 7. The maximum atomic E-state index is 12.1. The number of carboxylic acids is 1. The van der Waals surface area contributed by atoms with Crippen molar-refractivity contribution in [3.05, 3.63) is 63.9 Å². The van der Waals surface area contributed by atoms with Crippen molar-refractivity contribution in [1.82, 2.24) is 19.7 Å². The van der Waals surface area contributed by atoms with Crippen LogP contribution >= 0.6 is 11.3 Å². The Balaban J connectivity index is 1.90. The van der Waals surface area contributed by atoms with Crippen LogP contribution in [0.25, 0.3) is 5.69 Å². The highest BCUT2D eigenvalue weighted by molar-refractivity contribution is 7.09. The highest BCUT2D eigenvalue weighted by Crippen LogP contribution is 2.27. The Morgan fingerprint density at radius 1 is 1.38 bits per heavy atom. The van der Waals surface area contributed by atoms with Crippen molar-refractivity contribution in [2.24, 2.45) is 0 Å². The molecule has 0 spiro atoms. The first-order valence-electron chi connectivity index (χ1n) is 8.40. The monoisotopic (exact) mass is 370 g/mol. The Kier molecular flexibility index (Phi) is 5.49. The molecule has 0 bridgehead atoms. The summed E-state index contributed by atoms with van der Waals surface area (Å²) in [4.78, 5) is 19.4. The van der Waals surface area contributed by atoms with E-state index < -0.39 is 12.0 Å². The molecule has 0 saturated carbocycles. The summed E-state index contributed by atoms with van der Waals surface area (Å²) < 4.78 is 1.72. The zero-order valence-electron chi connectivity index (χ0n) is 15.1. The van der Waals surface area contributed by atoms with Crippen molar-refractivity contribution < 1.29 is 9.90 Å². The number of nitrogens with zero attached hydrogens (tertiary/aromatic N) is 4. The van der Waals surface area contributed by atoms with Gasteiger partial charge >= 0.3 is 5.97 Å². The number of hydrogen-bond donors (Lipinski definition) is 1. The molecule has 0 aliphatic rings. The molecule has 0 aliphatic heterocycles. The molecule has 0 amide bonds. The number of carbonyl (C=O) groups is 1. The molecule has 3 aromatic rings. The van der Waals surface area contributed by atoms with Gasteiger partial charge in [-0.3, -0.25) is 9.69 Å². The van der Waals surface area contributed by atoms with Crippen molar-refractivity contribution in [3.63, 3.8) is 0 Å². The van der Waals surface area contributed by atoms with Crippen LogP contribution in [0.3, 0.4) is 0 Å². The fourth-order valence-electron chi connectivity index (χ4n) is 3.03.